The number of carbonyl (C=O) groups excluding carboxylic acids is 2. The van der Waals surface area contributed by atoms with E-state index in [1.54, 1.807) is 6.07 Å². The molecule has 1 aromatic rings. The Labute approximate surface area is 171 Å². The zero-order valence-corrected chi connectivity index (χ0v) is 17.4. The largest absolute Gasteiger partial charge is 0.484 e. The Morgan fingerprint density at radius 3 is 2.72 bits per heavy atom. The van der Waals surface area contributed by atoms with E-state index in [1.807, 2.05) is 35.0 Å². The van der Waals surface area contributed by atoms with Crippen LogP contribution in [0.4, 0.5) is 0 Å². The van der Waals surface area contributed by atoms with Gasteiger partial charge in [-0.05, 0) is 25.6 Å². The summed E-state index contributed by atoms with van der Waals surface area (Å²) in [5, 5.41) is 2.95. The van der Waals surface area contributed by atoms with Gasteiger partial charge in [-0.2, -0.15) is 0 Å². The van der Waals surface area contributed by atoms with Crippen LogP contribution in [0.1, 0.15) is 29.6 Å². The number of hydrogen-bond donors (Lipinski definition) is 1. The average molecular weight is 422 g/mol. The Kier molecular flexibility index (Phi) is 5.29. The third-order valence-corrected chi connectivity index (χ3v) is 8.02. The van der Waals surface area contributed by atoms with Crippen molar-refractivity contribution in [2.75, 3.05) is 44.7 Å². The molecule has 0 aliphatic carbocycles. The van der Waals surface area contributed by atoms with E-state index in [9.17, 15) is 18.0 Å². The molecule has 3 aliphatic heterocycles. The zero-order valence-electron chi connectivity index (χ0n) is 16.6. The van der Waals surface area contributed by atoms with Gasteiger partial charge < -0.3 is 15.0 Å². The molecule has 2 amide bonds. The second kappa shape index (κ2) is 7.60. The molecule has 158 valence electrons. The van der Waals surface area contributed by atoms with Crippen LogP contribution in [-0.4, -0.2) is 86.4 Å². The number of para-hydroxylation sites is 1. The molecule has 0 bridgehead atoms. The molecule has 0 saturated carbocycles. The highest BCUT2D eigenvalue weighted by Crippen LogP contribution is 2.33. The molecular formula is C20H27N3O5S. The molecule has 1 atom stereocenters. The van der Waals surface area contributed by atoms with E-state index >= 15 is 0 Å². The number of carbonyl (C=O) groups is 2. The number of nitrogens with zero attached hydrogens (tertiary/aromatic N) is 2. The minimum Gasteiger partial charge on any atom is -0.484 e. The van der Waals surface area contributed by atoms with E-state index in [1.165, 1.54) is 0 Å². The van der Waals surface area contributed by atoms with E-state index in [0.717, 1.165) is 0 Å². The molecule has 8 nitrogen and oxygen atoms in total. The van der Waals surface area contributed by atoms with Crippen molar-refractivity contribution >= 4 is 21.7 Å². The Hall–Kier alpha value is -2.13. The summed E-state index contributed by atoms with van der Waals surface area (Å²) in [4.78, 5) is 28.7. The lowest BCUT2D eigenvalue weighted by Crippen LogP contribution is -2.55. The maximum atomic E-state index is 12.7. The van der Waals surface area contributed by atoms with Gasteiger partial charge in [-0.1, -0.05) is 12.1 Å². The predicted molar refractivity (Wildman–Crippen MR) is 108 cm³/mol. The van der Waals surface area contributed by atoms with Crippen LogP contribution in [0.15, 0.2) is 24.3 Å². The minimum absolute atomic E-state index is 0.00436. The fourth-order valence-electron chi connectivity index (χ4n) is 4.36. The monoisotopic (exact) mass is 421 g/mol. The van der Waals surface area contributed by atoms with Crippen LogP contribution in [0.3, 0.4) is 0 Å². The summed E-state index contributed by atoms with van der Waals surface area (Å²) in [6.07, 6.45) is 1.85. The Morgan fingerprint density at radius 2 is 2.03 bits per heavy atom. The van der Waals surface area contributed by atoms with Gasteiger partial charge in [0, 0.05) is 32.0 Å². The van der Waals surface area contributed by atoms with Gasteiger partial charge in [-0.3, -0.25) is 14.5 Å². The number of benzene rings is 1. The molecule has 0 unspecified atom stereocenters. The van der Waals surface area contributed by atoms with E-state index in [2.05, 4.69) is 5.32 Å². The topological polar surface area (TPSA) is 96.0 Å². The summed E-state index contributed by atoms with van der Waals surface area (Å²) >= 11 is 0. The van der Waals surface area contributed by atoms with E-state index < -0.39 is 15.4 Å². The van der Waals surface area contributed by atoms with Crippen LogP contribution in [0, 0.1) is 0 Å². The Bertz CT molecular complexity index is 908. The molecule has 0 aromatic heterocycles. The fraction of sp³-hybridized carbons (Fsp3) is 0.600. The lowest BCUT2D eigenvalue weighted by Gasteiger charge is -2.41. The molecule has 9 heteroatoms. The highest BCUT2D eigenvalue weighted by atomic mass is 32.2. The van der Waals surface area contributed by atoms with Crippen molar-refractivity contribution in [3.63, 3.8) is 0 Å². The van der Waals surface area contributed by atoms with Gasteiger partial charge in [0.15, 0.2) is 9.84 Å². The average Bonchev–Trinajstić information content (AvgIpc) is 3.00. The first kappa shape index (κ1) is 20.2. The van der Waals surface area contributed by atoms with Crippen molar-refractivity contribution in [3.05, 3.63) is 29.8 Å². The number of rotatable bonds is 3. The standard InChI is InChI=1S/C20H27N3O5S/c1-22(15-6-11-29(26,27)13-15)12-18(24)23-9-7-20(8-10-23)14-21-19(25)16-4-2-3-5-17(16)28-20/h2-5,15H,6-14H2,1H3,(H,21,25)/t15-/m0/s1. The second-order valence-corrected chi connectivity index (χ2v) is 10.5. The molecule has 1 N–H and O–H groups in total. The van der Waals surface area contributed by atoms with Crippen molar-refractivity contribution in [3.8, 4) is 5.75 Å². The molecule has 4 rings (SSSR count). The van der Waals surface area contributed by atoms with Crippen LogP contribution < -0.4 is 10.1 Å². The van der Waals surface area contributed by atoms with Crippen LogP contribution in [0.5, 0.6) is 5.75 Å². The molecule has 29 heavy (non-hydrogen) atoms. The molecule has 3 heterocycles. The maximum absolute atomic E-state index is 12.7. The number of hydrogen-bond acceptors (Lipinski definition) is 6. The number of piperidine rings is 1. The normalized spacial score (nSPS) is 25.2. The number of sulfone groups is 1. The highest BCUT2D eigenvalue weighted by Gasteiger charge is 2.41. The van der Waals surface area contributed by atoms with Crippen LogP contribution in [0.25, 0.3) is 0 Å². The molecule has 3 aliphatic rings. The minimum atomic E-state index is -2.97. The Balaban J connectivity index is 1.35. The lowest BCUT2D eigenvalue weighted by molar-refractivity contribution is -0.135. The van der Waals surface area contributed by atoms with Gasteiger partial charge in [0.2, 0.25) is 5.91 Å². The van der Waals surface area contributed by atoms with Crippen molar-refractivity contribution in [1.82, 2.24) is 15.1 Å². The summed E-state index contributed by atoms with van der Waals surface area (Å²) in [6, 6.07) is 7.14. The van der Waals surface area contributed by atoms with Gasteiger partial charge in [0.1, 0.15) is 11.4 Å². The number of nitrogens with one attached hydrogen (secondary N) is 1. The van der Waals surface area contributed by atoms with Crippen molar-refractivity contribution in [2.24, 2.45) is 0 Å². The van der Waals surface area contributed by atoms with Gasteiger partial charge in [0.25, 0.3) is 5.91 Å². The number of likely N-dealkylation sites (N-methyl/N-ethyl adjacent to an activating group) is 1. The second-order valence-electron chi connectivity index (χ2n) is 8.32. The Morgan fingerprint density at radius 1 is 1.31 bits per heavy atom. The molecule has 2 saturated heterocycles. The van der Waals surface area contributed by atoms with Crippen molar-refractivity contribution in [1.29, 1.82) is 0 Å². The van der Waals surface area contributed by atoms with Gasteiger partial charge >= 0.3 is 0 Å². The highest BCUT2D eigenvalue weighted by molar-refractivity contribution is 7.91. The SMILES string of the molecule is CN(CC(=O)N1CCC2(CC1)CNC(=O)c1ccccc1O2)[C@H]1CCS(=O)(=O)C1. The molecule has 1 aromatic carbocycles. The van der Waals surface area contributed by atoms with Crippen LogP contribution >= 0.6 is 0 Å². The zero-order chi connectivity index (χ0) is 20.6. The molecule has 2 fully saturated rings. The number of amides is 2. The molecule has 0 radical (unpaired) electrons. The van der Waals surface area contributed by atoms with Gasteiger partial charge in [-0.15, -0.1) is 0 Å². The first-order valence-corrected chi connectivity index (χ1v) is 11.8. The van der Waals surface area contributed by atoms with Crippen molar-refractivity contribution < 1.29 is 22.7 Å². The summed E-state index contributed by atoms with van der Waals surface area (Å²) in [7, 11) is -1.15. The summed E-state index contributed by atoms with van der Waals surface area (Å²) in [5.41, 5.74) is 0.0285. The summed E-state index contributed by atoms with van der Waals surface area (Å²) < 4.78 is 29.6. The molecular weight excluding hydrogens is 394 g/mol. The predicted octanol–water partition coefficient (Wildman–Crippen LogP) is 0.289. The van der Waals surface area contributed by atoms with E-state index in [4.69, 9.17) is 4.74 Å². The first-order valence-electron chi connectivity index (χ1n) is 10.0. The van der Waals surface area contributed by atoms with Gasteiger partial charge in [0.05, 0.1) is 30.2 Å². The fourth-order valence-corrected chi connectivity index (χ4v) is 6.16. The number of ether oxygens (including phenoxy) is 1. The van der Waals surface area contributed by atoms with Crippen LogP contribution in [0.2, 0.25) is 0 Å². The summed E-state index contributed by atoms with van der Waals surface area (Å²) in [6.45, 7) is 1.73. The number of likely N-dealkylation sites (tertiary alicyclic amines) is 1. The van der Waals surface area contributed by atoms with Gasteiger partial charge in [-0.25, -0.2) is 8.42 Å². The van der Waals surface area contributed by atoms with E-state index in [-0.39, 0.29) is 35.9 Å². The summed E-state index contributed by atoms with van der Waals surface area (Å²) in [5.74, 6) is 0.790. The lowest BCUT2D eigenvalue weighted by atomic mass is 9.90. The number of fused-ring (bicyclic) bond motifs is 1. The molecule has 1 spiro atoms. The van der Waals surface area contributed by atoms with Crippen molar-refractivity contribution in [2.45, 2.75) is 30.9 Å². The third-order valence-electron chi connectivity index (χ3n) is 6.27. The first-order chi connectivity index (χ1) is 13.8. The van der Waals surface area contributed by atoms with E-state index in [0.29, 0.717) is 50.2 Å². The third kappa shape index (κ3) is 4.25. The maximum Gasteiger partial charge on any atom is 0.255 e. The van der Waals surface area contributed by atoms with Crippen LogP contribution in [-0.2, 0) is 14.6 Å². The smallest absolute Gasteiger partial charge is 0.255 e. The quantitative estimate of drug-likeness (QED) is 0.754.